The summed E-state index contributed by atoms with van der Waals surface area (Å²) >= 11 is 0. The van der Waals surface area contributed by atoms with Gasteiger partial charge in [0.05, 0.1) is 17.0 Å². The average Bonchev–Trinajstić information content (AvgIpc) is 2.89. The molecule has 1 aliphatic carbocycles. The quantitative estimate of drug-likeness (QED) is 0.782. The number of carbonyl (C=O) groups is 1. The highest BCUT2D eigenvalue weighted by molar-refractivity contribution is 7.93. The highest BCUT2D eigenvalue weighted by Gasteiger charge is 2.29. The summed E-state index contributed by atoms with van der Waals surface area (Å²) in [5.74, 6) is -0.178. The average molecular weight is 351 g/mol. The molecule has 6 heteroatoms. The Morgan fingerprint density at radius 1 is 1.04 bits per heavy atom. The van der Waals surface area contributed by atoms with Gasteiger partial charge in [0.1, 0.15) is 6.10 Å². The molecule has 1 heterocycles. The van der Waals surface area contributed by atoms with Gasteiger partial charge in [-0.1, -0.05) is 25.3 Å². The first-order valence-electron chi connectivity index (χ1n) is 8.88. The van der Waals surface area contributed by atoms with E-state index in [4.69, 9.17) is 4.74 Å². The van der Waals surface area contributed by atoms with E-state index < -0.39 is 10.0 Å². The number of rotatable bonds is 3. The molecule has 0 amide bonds. The fourth-order valence-electron chi connectivity index (χ4n) is 3.47. The Bertz CT molecular complexity index is 678. The van der Waals surface area contributed by atoms with Crippen molar-refractivity contribution in [2.45, 2.75) is 57.5 Å². The molecule has 1 saturated carbocycles. The van der Waals surface area contributed by atoms with E-state index in [0.717, 1.165) is 25.7 Å². The van der Waals surface area contributed by atoms with E-state index in [9.17, 15) is 13.2 Å². The van der Waals surface area contributed by atoms with Crippen molar-refractivity contribution < 1.29 is 17.9 Å². The molecular formula is C18H25NO4S. The minimum absolute atomic E-state index is 0.0167. The van der Waals surface area contributed by atoms with Crippen LogP contribution in [0.4, 0.5) is 5.69 Å². The molecule has 132 valence electrons. The second kappa shape index (κ2) is 7.55. The summed E-state index contributed by atoms with van der Waals surface area (Å²) in [6.45, 7) is 0.476. The van der Waals surface area contributed by atoms with Crippen molar-refractivity contribution in [1.82, 2.24) is 0 Å². The van der Waals surface area contributed by atoms with Crippen LogP contribution in [0.25, 0.3) is 0 Å². The topological polar surface area (TPSA) is 63.7 Å². The SMILES string of the molecule is O=C(OC1CCCCCCC1)c1cccc(N2CCCS2(=O)=O)c1. The maximum atomic E-state index is 12.4. The van der Waals surface area contributed by atoms with E-state index in [1.54, 1.807) is 24.3 Å². The normalized spacial score (nSPS) is 21.9. The molecule has 0 N–H and O–H groups in total. The number of ether oxygens (including phenoxy) is 1. The van der Waals surface area contributed by atoms with Gasteiger partial charge in [-0.25, -0.2) is 13.2 Å². The third-order valence-corrected chi connectivity index (χ3v) is 6.66. The molecule has 1 aliphatic heterocycles. The zero-order chi connectivity index (χ0) is 17.0. The second-order valence-corrected chi connectivity index (χ2v) is 8.68. The van der Waals surface area contributed by atoms with E-state index in [-0.39, 0.29) is 17.8 Å². The summed E-state index contributed by atoms with van der Waals surface area (Å²) in [7, 11) is -3.24. The number of hydrogen-bond donors (Lipinski definition) is 0. The monoisotopic (exact) mass is 351 g/mol. The smallest absolute Gasteiger partial charge is 0.338 e. The van der Waals surface area contributed by atoms with Gasteiger partial charge in [0, 0.05) is 6.54 Å². The van der Waals surface area contributed by atoms with Crippen LogP contribution in [0, 0.1) is 0 Å². The van der Waals surface area contributed by atoms with E-state index >= 15 is 0 Å². The number of anilines is 1. The Labute approximate surface area is 144 Å². The molecular weight excluding hydrogens is 326 g/mol. The van der Waals surface area contributed by atoms with Crippen LogP contribution in [0.1, 0.15) is 61.7 Å². The zero-order valence-electron chi connectivity index (χ0n) is 13.9. The maximum absolute atomic E-state index is 12.4. The van der Waals surface area contributed by atoms with Crippen LogP contribution in [-0.4, -0.2) is 32.8 Å². The van der Waals surface area contributed by atoms with Crippen LogP contribution < -0.4 is 4.31 Å². The number of benzene rings is 1. The molecule has 0 aromatic heterocycles. The molecule has 0 radical (unpaired) electrons. The minimum atomic E-state index is -3.24. The lowest BCUT2D eigenvalue weighted by atomic mass is 9.98. The Kier molecular flexibility index (Phi) is 5.43. The third-order valence-electron chi connectivity index (χ3n) is 4.80. The van der Waals surface area contributed by atoms with Crippen molar-refractivity contribution in [3.8, 4) is 0 Å². The van der Waals surface area contributed by atoms with Crippen LogP contribution in [0.15, 0.2) is 24.3 Å². The molecule has 2 aliphatic rings. The van der Waals surface area contributed by atoms with Gasteiger partial charge in [-0.3, -0.25) is 4.31 Å². The third kappa shape index (κ3) is 4.09. The van der Waals surface area contributed by atoms with Gasteiger partial charge in [0.2, 0.25) is 10.0 Å². The molecule has 1 aromatic carbocycles. The highest BCUT2D eigenvalue weighted by Crippen LogP contribution is 2.26. The van der Waals surface area contributed by atoms with Crippen LogP contribution >= 0.6 is 0 Å². The van der Waals surface area contributed by atoms with Gasteiger partial charge in [0.15, 0.2) is 0 Å². The predicted octanol–water partition coefficient (Wildman–Crippen LogP) is 3.50. The molecule has 0 bridgehead atoms. The second-order valence-electron chi connectivity index (χ2n) is 6.66. The Hall–Kier alpha value is -1.56. The van der Waals surface area contributed by atoms with Crippen LogP contribution in [0.5, 0.6) is 0 Å². The summed E-state index contributed by atoms with van der Waals surface area (Å²) in [5.41, 5.74) is 0.983. The molecule has 24 heavy (non-hydrogen) atoms. The first kappa shape index (κ1) is 17.3. The van der Waals surface area contributed by atoms with Gasteiger partial charge < -0.3 is 4.74 Å². The lowest BCUT2D eigenvalue weighted by Crippen LogP contribution is -2.25. The fraction of sp³-hybridized carbons (Fsp3) is 0.611. The lowest BCUT2D eigenvalue weighted by molar-refractivity contribution is 0.0239. The predicted molar refractivity (Wildman–Crippen MR) is 93.7 cm³/mol. The van der Waals surface area contributed by atoms with Crippen molar-refractivity contribution in [2.75, 3.05) is 16.6 Å². The van der Waals surface area contributed by atoms with Gasteiger partial charge in [0.25, 0.3) is 0 Å². The summed E-state index contributed by atoms with van der Waals surface area (Å²) in [6, 6.07) is 6.78. The van der Waals surface area contributed by atoms with Crippen molar-refractivity contribution in [1.29, 1.82) is 0 Å². The van der Waals surface area contributed by atoms with Crippen molar-refractivity contribution in [2.24, 2.45) is 0 Å². The molecule has 0 spiro atoms. The Balaban J connectivity index is 1.70. The summed E-state index contributed by atoms with van der Waals surface area (Å²) in [4.78, 5) is 12.4. The first-order valence-corrected chi connectivity index (χ1v) is 10.5. The van der Waals surface area contributed by atoms with E-state index in [1.165, 1.54) is 23.6 Å². The number of nitrogens with zero attached hydrogens (tertiary/aromatic N) is 1. The van der Waals surface area contributed by atoms with E-state index in [2.05, 4.69) is 0 Å². The fourth-order valence-corrected chi connectivity index (χ4v) is 5.03. The standard InChI is InChI=1S/C18H25NO4S/c20-18(23-17-10-4-2-1-3-5-11-17)15-8-6-9-16(14-15)19-12-7-13-24(19,21)22/h6,8-9,14,17H,1-5,7,10-13H2. The maximum Gasteiger partial charge on any atom is 0.338 e. The molecule has 0 atom stereocenters. The molecule has 0 unspecified atom stereocenters. The van der Waals surface area contributed by atoms with Gasteiger partial charge in [-0.05, 0) is 50.3 Å². The Morgan fingerprint density at radius 3 is 2.42 bits per heavy atom. The number of sulfonamides is 1. The van der Waals surface area contributed by atoms with E-state index in [0.29, 0.717) is 24.2 Å². The summed E-state index contributed by atoms with van der Waals surface area (Å²) in [6.07, 6.45) is 8.34. The molecule has 3 rings (SSSR count). The first-order chi connectivity index (χ1) is 11.6. The lowest BCUT2D eigenvalue weighted by Gasteiger charge is -2.21. The van der Waals surface area contributed by atoms with Crippen LogP contribution in [0.2, 0.25) is 0 Å². The summed E-state index contributed by atoms with van der Waals surface area (Å²) in [5, 5.41) is 0. The van der Waals surface area contributed by atoms with Crippen molar-refractivity contribution >= 4 is 21.7 Å². The number of hydrogen-bond acceptors (Lipinski definition) is 4. The minimum Gasteiger partial charge on any atom is -0.459 e. The number of carbonyl (C=O) groups excluding carboxylic acids is 1. The van der Waals surface area contributed by atoms with Crippen LogP contribution in [0.3, 0.4) is 0 Å². The van der Waals surface area contributed by atoms with Gasteiger partial charge in [-0.15, -0.1) is 0 Å². The summed E-state index contributed by atoms with van der Waals surface area (Å²) < 4.78 is 31.1. The van der Waals surface area contributed by atoms with Gasteiger partial charge >= 0.3 is 5.97 Å². The van der Waals surface area contributed by atoms with Crippen molar-refractivity contribution in [3.05, 3.63) is 29.8 Å². The molecule has 5 nitrogen and oxygen atoms in total. The molecule has 2 fully saturated rings. The Morgan fingerprint density at radius 2 is 1.75 bits per heavy atom. The van der Waals surface area contributed by atoms with E-state index in [1.807, 2.05) is 0 Å². The van der Waals surface area contributed by atoms with Crippen molar-refractivity contribution in [3.63, 3.8) is 0 Å². The zero-order valence-corrected chi connectivity index (χ0v) is 14.8. The number of esters is 1. The molecule has 1 aromatic rings. The molecule has 1 saturated heterocycles. The highest BCUT2D eigenvalue weighted by atomic mass is 32.2. The van der Waals surface area contributed by atoms with Gasteiger partial charge in [-0.2, -0.15) is 0 Å². The largest absolute Gasteiger partial charge is 0.459 e. The van der Waals surface area contributed by atoms with Crippen LogP contribution in [-0.2, 0) is 14.8 Å².